The Labute approximate surface area is 90.3 Å². The van der Waals surface area contributed by atoms with E-state index in [2.05, 4.69) is 13.2 Å². The summed E-state index contributed by atoms with van der Waals surface area (Å²) in [5, 5.41) is 8.64. The molecule has 0 heterocycles. The molecule has 0 spiro atoms. The predicted molar refractivity (Wildman–Crippen MR) is 62.5 cm³/mol. The molecule has 1 unspecified atom stereocenters. The predicted octanol–water partition coefficient (Wildman–Crippen LogP) is 2.03. The zero-order valence-corrected chi connectivity index (χ0v) is 8.94. The number of aliphatic carboxylic acids is 1. The minimum Gasteiger partial charge on any atom is -0.480 e. The van der Waals surface area contributed by atoms with E-state index in [1.54, 1.807) is 12.2 Å². The van der Waals surface area contributed by atoms with Crippen molar-refractivity contribution >= 4 is 5.97 Å². The third kappa shape index (κ3) is 4.98. The number of carbonyl (C=O) groups is 1. The van der Waals surface area contributed by atoms with Crippen LogP contribution in [0.2, 0.25) is 0 Å². The molecule has 0 radical (unpaired) electrons. The van der Waals surface area contributed by atoms with Crippen LogP contribution in [0.3, 0.4) is 0 Å². The van der Waals surface area contributed by atoms with E-state index in [0.29, 0.717) is 5.57 Å². The van der Waals surface area contributed by atoms with E-state index < -0.39 is 12.0 Å². The van der Waals surface area contributed by atoms with Crippen LogP contribution in [0.15, 0.2) is 48.6 Å². The van der Waals surface area contributed by atoms with Crippen LogP contribution in [0.5, 0.6) is 0 Å². The Bertz CT molecular complexity index is 314. The third-order valence-corrected chi connectivity index (χ3v) is 1.91. The zero-order chi connectivity index (χ0) is 11.8. The lowest BCUT2D eigenvalue weighted by molar-refractivity contribution is -0.138. The van der Waals surface area contributed by atoms with Crippen molar-refractivity contribution in [2.24, 2.45) is 5.73 Å². The minimum absolute atomic E-state index is 0.247. The molecule has 3 nitrogen and oxygen atoms in total. The van der Waals surface area contributed by atoms with E-state index >= 15 is 0 Å². The summed E-state index contributed by atoms with van der Waals surface area (Å²) in [6, 6.07) is -0.899. The van der Waals surface area contributed by atoms with Gasteiger partial charge in [0.15, 0.2) is 0 Å². The summed E-state index contributed by atoms with van der Waals surface area (Å²) in [4.78, 5) is 10.5. The molecule has 0 bridgehead atoms. The number of carboxylic acids is 1. The van der Waals surface area contributed by atoms with Crippen molar-refractivity contribution in [1.29, 1.82) is 0 Å². The van der Waals surface area contributed by atoms with E-state index in [-0.39, 0.29) is 6.42 Å². The highest BCUT2D eigenvalue weighted by atomic mass is 16.4. The summed E-state index contributed by atoms with van der Waals surface area (Å²) < 4.78 is 0. The van der Waals surface area contributed by atoms with Crippen molar-refractivity contribution in [3.05, 3.63) is 48.6 Å². The standard InChI is InChI=1S/C12H17NO2/c1-4-6-7-10(5-2)9(3)8-11(13)12(14)15/h4-7,11H,1,3,8,13H2,2H3,(H,14,15)/b7-6-,10-5+. The lowest BCUT2D eigenvalue weighted by atomic mass is 10.00. The maximum Gasteiger partial charge on any atom is 0.320 e. The van der Waals surface area contributed by atoms with E-state index in [1.165, 1.54) is 0 Å². The molecule has 0 fully saturated rings. The van der Waals surface area contributed by atoms with Gasteiger partial charge in [0.1, 0.15) is 6.04 Å². The maximum absolute atomic E-state index is 10.5. The van der Waals surface area contributed by atoms with E-state index in [4.69, 9.17) is 10.8 Å². The molecule has 0 aliphatic heterocycles. The van der Waals surface area contributed by atoms with Crippen molar-refractivity contribution in [3.8, 4) is 0 Å². The third-order valence-electron chi connectivity index (χ3n) is 1.91. The van der Waals surface area contributed by atoms with Gasteiger partial charge in [0, 0.05) is 0 Å². The van der Waals surface area contributed by atoms with Crippen molar-refractivity contribution < 1.29 is 9.90 Å². The molecule has 3 heteroatoms. The van der Waals surface area contributed by atoms with Gasteiger partial charge in [0.2, 0.25) is 0 Å². The summed E-state index contributed by atoms with van der Waals surface area (Å²) >= 11 is 0. The molecule has 0 rings (SSSR count). The summed E-state index contributed by atoms with van der Waals surface area (Å²) in [5.41, 5.74) is 7.00. The van der Waals surface area contributed by atoms with Crippen molar-refractivity contribution in [2.45, 2.75) is 19.4 Å². The molecule has 0 aliphatic carbocycles. The van der Waals surface area contributed by atoms with Crippen LogP contribution in [0.25, 0.3) is 0 Å². The molecule has 15 heavy (non-hydrogen) atoms. The fourth-order valence-electron chi connectivity index (χ4n) is 1.06. The first kappa shape index (κ1) is 13.4. The van der Waals surface area contributed by atoms with Gasteiger partial charge in [0.25, 0.3) is 0 Å². The molecule has 0 saturated carbocycles. The van der Waals surface area contributed by atoms with Gasteiger partial charge < -0.3 is 10.8 Å². The molecular formula is C12H17NO2. The van der Waals surface area contributed by atoms with Crippen LogP contribution < -0.4 is 5.73 Å². The second-order valence-corrected chi connectivity index (χ2v) is 3.09. The number of nitrogens with two attached hydrogens (primary N) is 1. The zero-order valence-electron chi connectivity index (χ0n) is 8.94. The molecule has 0 amide bonds. The molecule has 3 N–H and O–H groups in total. The topological polar surface area (TPSA) is 63.3 Å². The summed E-state index contributed by atoms with van der Waals surface area (Å²) in [6.45, 7) is 9.22. The van der Waals surface area contributed by atoms with Gasteiger partial charge in [-0.05, 0) is 24.5 Å². The fourth-order valence-corrected chi connectivity index (χ4v) is 1.06. The van der Waals surface area contributed by atoms with E-state index in [1.807, 2.05) is 19.1 Å². The van der Waals surface area contributed by atoms with Gasteiger partial charge in [0.05, 0.1) is 0 Å². The van der Waals surface area contributed by atoms with E-state index in [0.717, 1.165) is 5.57 Å². The highest BCUT2D eigenvalue weighted by molar-refractivity contribution is 5.73. The van der Waals surface area contributed by atoms with Gasteiger partial charge in [-0.25, -0.2) is 0 Å². The van der Waals surface area contributed by atoms with Gasteiger partial charge in [-0.2, -0.15) is 0 Å². The minimum atomic E-state index is -1.01. The van der Waals surface area contributed by atoms with Gasteiger partial charge in [-0.1, -0.05) is 37.5 Å². The number of rotatable bonds is 6. The molecule has 0 aromatic heterocycles. The van der Waals surface area contributed by atoms with Crippen molar-refractivity contribution in [2.75, 3.05) is 0 Å². The molecule has 0 aromatic carbocycles. The Morgan fingerprint density at radius 3 is 2.60 bits per heavy atom. The fraction of sp³-hybridized carbons (Fsp3) is 0.250. The Morgan fingerprint density at radius 2 is 2.20 bits per heavy atom. The lowest BCUT2D eigenvalue weighted by Gasteiger charge is -2.09. The van der Waals surface area contributed by atoms with Crippen LogP contribution in [0.1, 0.15) is 13.3 Å². The Morgan fingerprint density at radius 1 is 1.60 bits per heavy atom. The number of hydrogen-bond acceptors (Lipinski definition) is 2. The number of allylic oxidation sites excluding steroid dienone is 5. The van der Waals surface area contributed by atoms with Gasteiger partial charge >= 0.3 is 5.97 Å². The number of carboxylic acid groups (broad SMARTS) is 1. The lowest BCUT2D eigenvalue weighted by Crippen LogP contribution is -2.30. The van der Waals surface area contributed by atoms with E-state index in [9.17, 15) is 4.79 Å². The Hall–Kier alpha value is -1.61. The van der Waals surface area contributed by atoms with Crippen LogP contribution in [-0.4, -0.2) is 17.1 Å². The molecule has 0 aromatic rings. The average molecular weight is 207 g/mol. The Kier molecular flexibility index (Phi) is 6.06. The maximum atomic E-state index is 10.5. The molecule has 0 saturated heterocycles. The number of hydrogen-bond donors (Lipinski definition) is 2. The second-order valence-electron chi connectivity index (χ2n) is 3.09. The first-order valence-corrected chi connectivity index (χ1v) is 4.64. The SMILES string of the molecule is C=C/C=C\C(=C/C)C(=C)CC(N)C(=O)O. The van der Waals surface area contributed by atoms with Crippen LogP contribution in [0, 0.1) is 0 Å². The highest BCUT2D eigenvalue weighted by Gasteiger charge is 2.13. The summed E-state index contributed by atoms with van der Waals surface area (Å²) in [7, 11) is 0. The van der Waals surface area contributed by atoms with Gasteiger partial charge in [-0.15, -0.1) is 0 Å². The largest absolute Gasteiger partial charge is 0.480 e. The molecule has 1 atom stereocenters. The smallest absolute Gasteiger partial charge is 0.320 e. The normalized spacial score (nSPS) is 13.9. The second kappa shape index (κ2) is 6.79. The van der Waals surface area contributed by atoms with Crippen LogP contribution in [-0.2, 0) is 4.79 Å². The summed E-state index contributed by atoms with van der Waals surface area (Å²) in [6.07, 6.45) is 7.35. The van der Waals surface area contributed by atoms with Crippen molar-refractivity contribution in [3.63, 3.8) is 0 Å². The van der Waals surface area contributed by atoms with Gasteiger partial charge in [-0.3, -0.25) is 4.79 Å². The van der Waals surface area contributed by atoms with Crippen LogP contribution in [0.4, 0.5) is 0 Å². The monoisotopic (exact) mass is 207 g/mol. The quantitative estimate of drug-likeness (QED) is 0.655. The first-order valence-electron chi connectivity index (χ1n) is 4.64. The van der Waals surface area contributed by atoms with Crippen molar-refractivity contribution in [1.82, 2.24) is 0 Å². The first-order chi connectivity index (χ1) is 7.02. The molecule has 82 valence electrons. The highest BCUT2D eigenvalue weighted by Crippen LogP contribution is 2.15. The molecular weight excluding hydrogens is 190 g/mol. The summed E-state index contributed by atoms with van der Waals surface area (Å²) in [5.74, 6) is -1.01. The average Bonchev–Trinajstić information content (AvgIpc) is 2.18. The molecule has 0 aliphatic rings. The Balaban J connectivity index is 4.49. The van der Waals surface area contributed by atoms with Crippen LogP contribution >= 0.6 is 0 Å².